The highest BCUT2D eigenvalue weighted by molar-refractivity contribution is 5.92. The molecule has 0 spiro atoms. The van der Waals surface area contributed by atoms with Crippen LogP contribution < -0.4 is 0 Å². The van der Waals surface area contributed by atoms with Crippen molar-refractivity contribution in [2.75, 3.05) is 34.9 Å². The Balaban J connectivity index is 1.60. The highest BCUT2D eigenvalue weighted by Gasteiger charge is 2.52. The minimum atomic E-state index is -1.49. The predicted molar refractivity (Wildman–Crippen MR) is 226 cm³/mol. The Morgan fingerprint density at radius 2 is 1.51 bits per heavy atom. The molecule has 21 atom stereocenters. The van der Waals surface area contributed by atoms with Gasteiger partial charge in [-0.15, -0.1) is 0 Å². The monoisotopic (exact) mass is 902 g/mol. The van der Waals surface area contributed by atoms with E-state index in [1.54, 1.807) is 66.6 Å². The molecule has 0 amide bonds. The number of rotatable bonds is 12. The van der Waals surface area contributed by atoms with Crippen molar-refractivity contribution < 1.29 is 82.5 Å². The van der Waals surface area contributed by atoms with Gasteiger partial charge in [0.05, 0.1) is 55.2 Å². The van der Waals surface area contributed by atoms with Gasteiger partial charge in [0.2, 0.25) is 0 Å². The minimum absolute atomic E-state index is 0.0117. The molecule has 0 aromatic rings. The van der Waals surface area contributed by atoms with Gasteiger partial charge >= 0.3 is 5.97 Å². The molecular weight excluding hydrogens is 826 g/mol. The Bertz CT molecular complexity index is 1540. The van der Waals surface area contributed by atoms with E-state index < -0.39 is 140 Å². The highest BCUT2D eigenvalue weighted by atomic mass is 16.7. The van der Waals surface area contributed by atoms with E-state index in [0.29, 0.717) is 18.3 Å². The van der Waals surface area contributed by atoms with Crippen LogP contribution in [0.5, 0.6) is 0 Å². The van der Waals surface area contributed by atoms with Gasteiger partial charge in [-0.3, -0.25) is 9.59 Å². The molecule has 362 valence electrons. The number of esters is 1. The first-order valence-corrected chi connectivity index (χ1v) is 22.2. The lowest BCUT2D eigenvalue weighted by Gasteiger charge is -2.50. The van der Waals surface area contributed by atoms with Gasteiger partial charge < -0.3 is 77.9 Å². The number of allylic oxidation sites excluding steroid dienone is 3. The molecule has 5 N–H and O–H groups in total. The van der Waals surface area contributed by atoms with E-state index in [1.807, 2.05) is 13.0 Å². The number of likely N-dealkylation sites (N-methyl/N-ethyl adjacent to an activating group) is 1. The number of carbonyl (C=O) groups is 3. The van der Waals surface area contributed by atoms with E-state index in [4.69, 9.17) is 42.6 Å². The van der Waals surface area contributed by atoms with Crippen LogP contribution in [-0.2, 0) is 57.0 Å². The lowest BCUT2D eigenvalue weighted by molar-refractivity contribution is -0.341. The van der Waals surface area contributed by atoms with E-state index in [2.05, 4.69) is 0 Å². The molecule has 21 unspecified atom stereocenters. The summed E-state index contributed by atoms with van der Waals surface area (Å²) in [6, 6.07) is -0.767. The van der Waals surface area contributed by atoms with E-state index in [0.717, 1.165) is 0 Å². The third kappa shape index (κ3) is 13.2. The summed E-state index contributed by atoms with van der Waals surface area (Å²) in [5.41, 5.74) is -0.826. The molecule has 4 aliphatic rings. The number of aliphatic hydroxyl groups is 5. The molecule has 0 saturated carbocycles. The van der Waals surface area contributed by atoms with Crippen LogP contribution in [0.1, 0.15) is 81.1 Å². The first kappa shape index (κ1) is 53.3. The molecule has 0 bridgehead atoms. The zero-order valence-electron chi connectivity index (χ0n) is 39.0. The van der Waals surface area contributed by atoms with Gasteiger partial charge in [-0.25, -0.2) is 0 Å². The Labute approximate surface area is 372 Å². The van der Waals surface area contributed by atoms with Gasteiger partial charge in [0.1, 0.15) is 49.0 Å². The number of methoxy groups -OCH3 is 2. The predicted octanol–water partition coefficient (Wildman–Crippen LogP) is 1.44. The van der Waals surface area contributed by atoms with E-state index in [-0.39, 0.29) is 25.2 Å². The Morgan fingerprint density at radius 3 is 2.10 bits per heavy atom. The maximum Gasteiger partial charge on any atom is 0.308 e. The molecule has 18 heteroatoms. The minimum Gasteiger partial charge on any atom is -0.462 e. The Morgan fingerprint density at radius 1 is 0.857 bits per heavy atom. The van der Waals surface area contributed by atoms with Gasteiger partial charge in [-0.1, -0.05) is 38.5 Å². The molecule has 4 heterocycles. The van der Waals surface area contributed by atoms with E-state index in [9.17, 15) is 39.9 Å². The van der Waals surface area contributed by atoms with Crippen molar-refractivity contribution in [3.05, 3.63) is 23.8 Å². The fraction of sp³-hybridized carbons (Fsp3) is 0.844. The third-order valence-corrected chi connectivity index (χ3v) is 13.1. The lowest BCUT2D eigenvalue weighted by Crippen LogP contribution is -2.65. The van der Waals surface area contributed by atoms with Crippen molar-refractivity contribution in [1.82, 2.24) is 4.90 Å². The molecular formula is C45H75NO17. The lowest BCUT2D eigenvalue weighted by atomic mass is 9.81. The average Bonchev–Trinajstić information content (AvgIpc) is 3.22. The van der Waals surface area contributed by atoms with Crippen LogP contribution in [-0.4, -0.2) is 187 Å². The molecule has 0 aliphatic carbocycles. The number of hydrogen-bond donors (Lipinski definition) is 5. The van der Waals surface area contributed by atoms with Crippen molar-refractivity contribution in [1.29, 1.82) is 0 Å². The summed E-state index contributed by atoms with van der Waals surface area (Å²) in [5, 5.41) is 55.5. The molecule has 3 saturated heterocycles. The fourth-order valence-electron chi connectivity index (χ4n) is 9.19. The normalized spacial score (nSPS) is 46.5. The van der Waals surface area contributed by atoms with Crippen molar-refractivity contribution >= 4 is 18.0 Å². The summed E-state index contributed by atoms with van der Waals surface area (Å²) in [5.74, 6) is -4.14. The molecule has 18 nitrogen and oxygen atoms in total. The van der Waals surface area contributed by atoms with Gasteiger partial charge in [-0.05, 0) is 67.6 Å². The summed E-state index contributed by atoms with van der Waals surface area (Å²) in [4.78, 5) is 42.0. The van der Waals surface area contributed by atoms with Crippen LogP contribution >= 0.6 is 0 Å². The molecule has 0 aromatic carbocycles. The largest absolute Gasteiger partial charge is 0.462 e. The van der Waals surface area contributed by atoms with Crippen LogP contribution in [0.3, 0.4) is 0 Å². The summed E-state index contributed by atoms with van der Waals surface area (Å²) in [7, 11) is 6.40. The van der Waals surface area contributed by atoms with E-state index >= 15 is 0 Å². The van der Waals surface area contributed by atoms with Gasteiger partial charge in [0.25, 0.3) is 0 Å². The second-order valence-electron chi connectivity index (χ2n) is 18.4. The number of aliphatic hydroxyl groups excluding tert-OH is 4. The van der Waals surface area contributed by atoms with Crippen molar-refractivity contribution in [3.8, 4) is 0 Å². The van der Waals surface area contributed by atoms with Crippen molar-refractivity contribution in [2.24, 2.45) is 23.7 Å². The quantitative estimate of drug-likeness (QED) is 0.138. The number of aldehydes is 1. The molecule has 63 heavy (non-hydrogen) atoms. The number of nitrogens with zero attached hydrogens (tertiary/aromatic N) is 1. The number of ether oxygens (including phenoxy) is 9. The summed E-state index contributed by atoms with van der Waals surface area (Å²) in [6.07, 6.45) is -9.08. The van der Waals surface area contributed by atoms with Crippen molar-refractivity contribution in [2.45, 2.75) is 185 Å². The second-order valence-corrected chi connectivity index (χ2v) is 18.4. The highest BCUT2D eigenvalue weighted by Crippen LogP contribution is 2.37. The fourth-order valence-corrected chi connectivity index (χ4v) is 9.19. The summed E-state index contributed by atoms with van der Waals surface area (Å²) >= 11 is 0. The number of cyclic esters (lactones) is 1. The first-order valence-electron chi connectivity index (χ1n) is 22.2. The van der Waals surface area contributed by atoms with Gasteiger partial charge in [0.15, 0.2) is 24.7 Å². The smallest absolute Gasteiger partial charge is 0.308 e. The zero-order chi connectivity index (χ0) is 47.1. The van der Waals surface area contributed by atoms with Crippen molar-refractivity contribution in [3.63, 3.8) is 0 Å². The van der Waals surface area contributed by atoms with Crippen LogP contribution in [0, 0.1) is 23.7 Å². The summed E-state index contributed by atoms with van der Waals surface area (Å²) < 4.78 is 54.4. The average molecular weight is 902 g/mol. The molecule has 0 aromatic heterocycles. The van der Waals surface area contributed by atoms with Crippen LogP contribution in [0.25, 0.3) is 0 Å². The SMILES string of the molecule is CCC1OC(=O)CC(O)C(C)C(OC2OC(C)C(OC3CC(C)(O)C(O)C(C)O3)C(N(C)C)C2O)C(C=O)CC(C)C(=O)/C=C/C(C)=C/C1COC1OC(C)C(O)C(OC)C1OC. The number of carbonyl (C=O) groups excluding carboxylic acids is 3. The topological polar surface area (TPSA) is 239 Å². The Kier molecular flexibility index (Phi) is 19.9. The molecule has 4 rings (SSSR count). The van der Waals surface area contributed by atoms with Crippen LogP contribution in [0.4, 0.5) is 0 Å². The summed E-state index contributed by atoms with van der Waals surface area (Å²) in [6.45, 7) is 13.5. The Hall–Kier alpha value is -2.27. The standard InChI is InChI=1S/C45H75NO17/c1-13-32-29(21-57-44-41(56-12)40(55-11)36(51)25(5)59-44)16-22(2)14-15-30(48)23(3)17-28(20-47)38(24(4)31(49)18-33(50)61-32)63-43-37(52)35(46(9)10)39(26(6)60-43)62-34-19-45(8,54)42(53)27(7)58-34/h14-16,20,23-29,31-32,34-44,49,51-54H,13,17-19,21H2,1-12H3/b15-14+,22-16+. The molecule has 3 fully saturated rings. The van der Waals surface area contributed by atoms with Crippen LogP contribution in [0.15, 0.2) is 23.8 Å². The maximum atomic E-state index is 13.7. The van der Waals surface area contributed by atoms with Crippen LogP contribution in [0.2, 0.25) is 0 Å². The van der Waals surface area contributed by atoms with E-state index in [1.165, 1.54) is 27.2 Å². The first-order chi connectivity index (χ1) is 29.6. The number of hydrogen-bond acceptors (Lipinski definition) is 18. The van der Waals surface area contributed by atoms with Gasteiger partial charge in [-0.2, -0.15) is 0 Å². The third-order valence-electron chi connectivity index (χ3n) is 13.1. The number of ketones is 1. The molecule has 4 aliphatic heterocycles. The molecule has 0 radical (unpaired) electrons. The maximum absolute atomic E-state index is 13.7. The van der Waals surface area contributed by atoms with Gasteiger partial charge in [0, 0.05) is 44.3 Å². The zero-order valence-corrected chi connectivity index (χ0v) is 39.0. The second kappa shape index (κ2) is 23.5.